The van der Waals surface area contributed by atoms with Gasteiger partial charge in [0.05, 0.1) is 0 Å². The molecule has 1 aromatic rings. The predicted molar refractivity (Wildman–Crippen MR) is 90.0 cm³/mol. The van der Waals surface area contributed by atoms with Crippen LogP contribution in [0.2, 0.25) is 0 Å². The third kappa shape index (κ3) is 4.68. The van der Waals surface area contributed by atoms with Crippen LogP contribution < -0.4 is 0 Å². The molecule has 6 nitrogen and oxygen atoms in total. The first kappa shape index (κ1) is 18.2. The minimum absolute atomic E-state index is 0.127. The topological polar surface area (TPSA) is 66.9 Å². The minimum Gasteiger partial charge on any atom is -0.444 e. The molecule has 1 aliphatic rings. The number of hydrogen-bond acceptors (Lipinski definition) is 5. The summed E-state index contributed by atoms with van der Waals surface area (Å²) in [5, 5.41) is 1.75. The highest BCUT2D eigenvalue weighted by molar-refractivity contribution is 7.91. The molecule has 0 N–H and O–H groups in total. The number of carbonyl (C=O) groups is 1. The summed E-state index contributed by atoms with van der Waals surface area (Å²) in [6.07, 6.45) is 0.451. The second kappa shape index (κ2) is 6.78. The van der Waals surface area contributed by atoms with E-state index in [1.54, 1.807) is 29.5 Å². The molecule has 1 aliphatic heterocycles. The molecule has 1 aromatic heterocycles. The summed E-state index contributed by atoms with van der Waals surface area (Å²) < 4.78 is 31.9. The molecule has 0 bridgehead atoms. The number of ether oxygens (including phenoxy) is 1. The Morgan fingerprint density at radius 2 is 2.17 bits per heavy atom. The maximum atomic E-state index is 12.4. The Bertz CT molecular complexity index is 635. The Kier molecular flexibility index (Phi) is 5.37. The summed E-state index contributed by atoms with van der Waals surface area (Å²) in [6.45, 7) is 7.03. The van der Waals surface area contributed by atoms with Crippen molar-refractivity contribution in [1.29, 1.82) is 0 Å². The number of thiophene rings is 1. The van der Waals surface area contributed by atoms with Crippen LogP contribution >= 0.6 is 11.3 Å². The molecule has 1 atom stereocenters. The third-order valence-electron chi connectivity index (χ3n) is 3.61. The van der Waals surface area contributed by atoms with Gasteiger partial charge < -0.3 is 9.64 Å². The van der Waals surface area contributed by atoms with Crippen LogP contribution in [0, 0.1) is 5.92 Å². The number of amides is 1. The van der Waals surface area contributed by atoms with Crippen molar-refractivity contribution in [2.75, 3.05) is 26.7 Å². The molecule has 1 amide bonds. The van der Waals surface area contributed by atoms with Crippen molar-refractivity contribution in [3.05, 3.63) is 17.5 Å². The summed E-state index contributed by atoms with van der Waals surface area (Å²) in [7, 11) is -1.84. The fourth-order valence-corrected chi connectivity index (χ4v) is 4.95. The van der Waals surface area contributed by atoms with Gasteiger partial charge in [0.1, 0.15) is 9.81 Å². The van der Waals surface area contributed by atoms with Gasteiger partial charge in [-0.05, 0) is 44.6 Å². The molecule has 0 spiro atoms. The first-order valence-corrected chi connectivity index (χ1v) is 9.89. The van der Waals surface area contributed by atoms with Gasteiger partial charge in [-0.1, -0.05) is 6.07 Å². The van der Waals surface area contributed by atoms with Crippen molar-refractivity contribution in [1.82, 2.24) is 9.21 Å². The fourth-order valence-electron chi connectivity index (χ4n) is 2.50. The zero-order valence-corrected chi connectivity index (χ0v) is 15.6. The van der Waals surface area contributed by atoms with Gasteiger partial charge in [-0.15, -0.1) is 11.3 Å². The van der Waals surface area contributed by atoms with E-state index in [1.807, 2.05) is 20.8 Å². The van der Waals surface area contributed by atoms with E-state index in [4.69, 9.17) is 4.74 Å². The van der Waals surface area contributed by atoms with E-state index in [0.29, 0.717) is 23.8 Å². The summed E-state index contributed by atoms with van der Waals surface area (Å²) in [4.78, 5) is 13.7. The zero-order chi connectivity index (χ0) is 17.3. The molecule has 0 unspecified atom stereocenters. The number of hydrogen-bond donors (Lipinski definition) is 0. The first-order valence-electron chi connectivity index (χ1n) is 7.57. The molecule has 1 fully saturated rings. The van der Waals surface area contributed by atoms with E-state index in [9.17, 15) is 13.2 Å². The van der Waals surface area contributed by atoms with Crippen LogP contribution in [0.3, 0.4) is 0 Å². The van der Waals surface area contributed by atoms with Crippen molar-refractivity contribution < 1.29 is 17.9 Å². The van der Waals surface area contributed by atoms with E-state index < -0.39 is 15.6 Å². The van der Waals surface area contributed by atoms with Crippen LogP contribution in [0.25, 0.3) is 0 Å². The van der Waals surface area contributed by atoms with E-state index in [2.05, 4.69) is 0 Å². The van der Waals surface area contributed by atoms with Gasteiger partial charge in [0.2, 0.25) is 0 Å². The molecule has 23 heavy (non-hydrogen) atoms. The SMILES string of the molecule is CN(C[C@H]1CCN(C(=O)OC(C)(C)C)C1)S(=O)(=O)c1cccs1. The summed E-state index contributed by atoms with van der Waals surface area (Å²) in [5.41, 5.74) is -0.519. The Morgan fingerprint density at radius 1 is 1.48 bits per heavy atom. The predicted octanol–water partition coefficient (Wildman–Crippen LogP) is 2.63. The highest BCUT2D eigenvalue weighted by atomic mass is 32.2. The van der Waals surface area contributed by atoms with Crippen LogP contribution in [0.4, 0.5) is 4.79 Å². The van der Waals surface area contributed by atoms with E-state index >= 15 is 0 Å². The Hall–Kier alpha value is -1.12. The first-order chi connectivity index (χ1) is 10.6. The lowest BCUT2D eigenvalue weighted by molar-refractivity contribution is 0.0287. The lowest BCUT2D eigenvalue weighted by Crippen LogP contribution is -2.37. The Balaban J connectivity index is 1.92. The Morgan fingerprint density at radius 3 is 2.74 bits per heavy atom. The Labute approximate surface area is 142 Å². The molecular weight excluding hydrogens is 336 g/mol. The number of carbonyl (C=O) groups excluding carboxylic acids is 1. The largest absolute Gasteiger partial charge is 0.444 e. The normalized spacial score (nSPS) is 19.3. The maximum absolute atomic E-state index is 12.4. The average molecular weight is 361 g/mol. The minimum atomic E-state index is -3.43. The van der Waals surface area contributed by atoms with Gasteiger partial charge in [0.15, 0.2) is 0 Å². The number of rotatable bonds is 4. The summed E-state index contributed by atoms with van der Waals surface area (Å²) >= 11 is 1.21. The third-order valence-corrected chi connectivity index (χ3v) is 6.81. The van der Waals surface area contributed by atoms with Crippen LogP contribution in [0.5, 0.6) is 0 Å². The van der Waals surface area contributed by atoms with Crippen LogP contribution in [0.1, 0.15) is 27.2 Å². The molecule has 130 valence electrons. The van der Waals surface area contributed by atoms with Gasteiger partial charge >= 0.3 is 6.09 Å². The summed E-state index contributed by atoms with van der Waals surface area (Å²) in [6, 6.07) is 3.34. The monoisotopic (exact) mass is 360 g/mol. The second-order valence-electron chi connectivity index (χ2n) is 6.80. The molecule has 2 heterocycles. The maximum Gasteiger partial charge on any atom is 0.410 e. The molecule has 0 aromatic carbocycles. The van der Waals surface area contributed by atoms with Crippen molar-refractivity contribution in [3.8, 4) is 0 Å². The standard InChI is InChI=1S/C15H24N2O4S2/c1-15(2,3)21-14(18)17-8-7-12(11-17)10-16(4)23(19,20)13-6-5-9-22-13/h5-6,9,12H,7-8,10-11H2,1-4H3/t12-/m1/s1. The van der Waals surface area contributed by atoms with E-state index in [1.165, 1.54) is 15.6 Å². The lowest BCUT2D eigenvalue weighted by Gasteiger charge is -2.25. The lowest BCUT2D eigenvalue weighted by atomic mass is 10.1. The van der Waals surface area contributed by atoms with Crippen LogP contribution in [-0.2, 0) is 14.8 Å². The molecule has 2 rings (SSSR count). The van der Waals surface area contributed by atoms with Gasteiger partial charge in [-0.2, -0.15) is 4.31 Å². The molecule has 0 radical (unpaired) electrons. The van der Waals surface area contributed by atoms with Crippen LogP contribution in [-0.4, -0.2) is 56.0 Å². The molecule has 0 aliphatic carbocycles. The van der Waals surface area contributed by atoms with Crippen molar-refractivity contribution in [2.45, 2.75) is 37.0 Å². The zero-order valence-electron chi connectivity index (χ0n) is 14.0. The highest BCUT2D eigenvalue weighted by Gasteiger charge is 2.32. The molecule has 0 saturated carbocycles. The van der Waals surface area contributed by atoms with Gasteiger partial charge in [-0.3, -0.25) is 0 Å². The van der Waals surface area contributed by atoms with Crippen molar-refractivity contribution in [2.24, 2.45) is 5.92 Å². The number of sulfonamides is 1. The van der Waals surface area contributed by atoms with E-state index in [-0.39, 0.29) is 12.0 Å². The highest BCUT2D eigenvalue weighted by Crippen LogP contribution is 2.24. The van der Waals surface area contributed by atoms with Gasteiger partial charge in [-0.25, -0.2) is 13.2 Å². The molecule has 1 saturated heterocycles. The number of nitrogens with zero attached hydrogens (tertiary/aromatic N) is 2. The van der Waals surface area contributed by atoms with Gasteiger partial charge in [0, 0.05) is 26.7 Å². The van der Waals surface area contributed by atoms with Crippen molar-refractivity contribution in [3.63, 3.8) is 0 Å². The van der Waals surface area contributed by atoms with E-state index in [0.717, 1.165) is 6.42 Å². The summed E-state index contributed by atoms with van der Waals surface area (Å²) in [5.74, 6) is 0.127. The number of likely N-dealkylation sites (tertiary alicyclic amines) is 1. The fraction of sp³-hybridized carbons (Fsp3) is 0.667. The second-order valence-corrected chi connectivity index (χ2v) is 10.0. The average Bonchev–Trinajstić information content (AvgIpc) is 3.07. The quantitative estimate of drug-likeness (QED) is 0.828. The van der Waals surface area contributed by atoms with Crippen LogP contribution in [0.15, 0.2) is 21.7 Å². The smallest absolute Gasteiger partial charge is 0.410 e. The molecule has 8 heteroatoms. The molecular formula is C15H24N2O4S2. The van der Waals surface area contributed by atoms with Crippen molar-refractivity contribution >= 4 is 27.5 Å². The van der Waals surface area contributed by atoms with Gasteiger partial charge in [0.25, 0.3) is 10.0 Å².